The van der Waals surface area contributed by atoms with Gasteiger partial charge in [-0.2, -0.15) is 0 Å². The van der Waals surface area contributed by atoms with E-state index >= 15 is 0 Å². The summed E-state index contributed by atoms with van der Waals surface area (Å²) in [5.74, 6) is -1.03. The minimum absolute atomic E-state index is 0.132. The van der Waals surface area contributed by atoms with Crippen molar-refractivity contribution in [2.75, 3.05) is 0 Å². The average molecular weight is 270 g/mol. The number of hydrogen-bond donors (Lipinski definition) is 2. The Kier molecular flexibility index (Phi) is 2.79. The van der Waals surface area contributed by atoms with Crippen LogP contribution in [0.15, 0.2) is 41.6 Å². The van der Waals surface area contributed by atoms with Gasteiger partial charge < -0.3 is 10.1 Å². The van der Waals surface area contributed by atoms with Crippen LogP contribution in [-0.2, 0) is 6.54 Å². The third kappa shape index (κ3) is 2.05. The predicted molar refractivity (Wildman–Crippen MR) is 70.7 cm³/mol. The van der Waals surface area contributed by atoms with Crippen molar-refractivity contribution in [3.63, 3.8) is 0 Å². The molecule has 2 aromatic heterocycles. The van der Waals surface area contributed by atoms with Gasteiger partial charge in [-0.05, 0) is 24.3 Å². The second-order valence-electron chi connectivity index (χ2n) is 4.25. The first kappa shape index (κ1) is 12.1. The number of fused-ring (bicyclic) bond motifs is 1. The van der Waals surface area contributed by atoms with Gasteiger partial charge in [-0.3, -0.25) is 4.57 Å². The summed E-state index contributed by atoms with van der Waals surface area (Å²) >= 11 is 0. The molecule has 0 aliphatic carbocycles. The fraction of sp³-hybridized carbons (Fsp3) is 0.0769. The molecule has 7 heteroatoms. The van der Waals surface area contributed by atoms with Gasteiger partial charge in [0.15, 0.2) is 0 Å². The molecule has 3 aromatic rings. The molecule has 0 saturated heterocycles. The Balaban J connectivity index is 2.14. The van der Waals surface area contributed by atoms with Gasteiger partial charge in [-0.15, -0.1) is 0 Å². The third-order valence-corrected chi connectivity index (χ3v) is 2.99. The van der Waals surface area contributed by atoms with Crippen molar-refractivity contribution in [2.24, 2.45) is 0 Å². The first-order valence-electron chi connectivity index (χ1n) is 5.86. The highest BCUT2D eigenvalue weighted by Gasteiger charge is 2.11. The highest BCUT2D eigenvalue weighted by atomic mass is 16.4. The lowest BCUT2D eigenvalue weighted by Crippen LogP contribution is -2.18. The summed E-state index contributed by atoms with van der Waals surface area (Å²) in [6, 6.07) is 6.20. The van der Waals surface area contributed by atoms with Crippen molar-refractivity contribution in [3.8, 4) is 0 Å². The zero-order valence-electron chi connectivity index (χ0n) is 10.3. The second kappa shape index (κ2) is 4.61. The number of nitrogens with one attached hydrogen (secondary N) is 1. The molecule has 0 saturated carbocycles. The average Bonchev–Trinajstić information content (AvgIpc) is 2.75. The Morgan fingerprint density at radius 3 is 2.90 bits per heavy atom. The van der Waals surface area contributed by atoms with Crippen LogP contribution in [0.1, 0.15) is 16.1 Å². The Labute approximate surface area is 112 Å². The molecule has 3 rings (SSSR count). The number of H-pyrrole nitrogens is 1. The number of aromatic amines is 1. The van der Waals surface area contributed by atoms with E-state index in [4.69, 9.17) is 5.11 Å². The van der Waals surface area contributed by atoms with Crippen molar-refractivity contribution in [1.29, 1.82) is 0 Å². The van der Waals surface area contributed by atoms with E-state index in [0.717, 1.165) is 0 Å². The van der Waals surface area contributed by atoms with E-state index in [1.807, 2.05) is 0 Å². The molecule has 0 atom stereocenters. The Bertz CT molecular complexity index is 836. The van der Waals surface area contributed by atoms with Crippen LogP contribution < -0.4 is 5.69 Å². The van der Waals surface area contributed by atoms with Crippen LogP contribution in [-0.4, -0.2) is 30.6 Å². The zero-order chi connectivity index (χ0) is 14.1. The van der Waals surface area contributed by atoms with E-state index in [0.29, 0.717) is 16.7 Å². The standard InChI is InChI=1S/C13H10N4O3/c18-12(19)8-1-2-10-11(5-8)17(13(20)16-10)6-9-3-4-14-7-15-9/h1-5,7H,6H2,(H,16,20)(H,18,19). The summed E-state index contributed by atoms with van der Waals surface area (Å²) in [6.45, 7) is 0.254. The molecular formula is C13H10N4O3. The molecule has 100 valence electrons. The van der Waals surface area contributed by atoms with Crippen LogP contribution in [0.4, 0.5) is 0 Å². The fourth-order valence-electron chi connectivity index (χ4n) is 2.02. The summed E-state index contributed by atoms with van der Waals surface area (Å²) in [5.41, 5.74) is 1.63. The molecule has 7 nitrogen and oxygen atoms in total. The van der Waals surface area contributed by atoms with Gasteiger partial charge in [0.1, 0.15) is 6.33 Å². The van der Waals surface area contributed by atoms with Crippen LogP contribution in [0.5, 0.6) is 0 Å². The molecule has 0 amide bonds. The van der Waals surface area contributed by atoms with Gasteiger partial charge in [0.25, 0.3) is 0 Å². The van der Waals surface area contributed by atoms with E-state index in [2.05, 4.69) is 15.0 Å². The number of carbonyl (C=O) groups is 1. The van der Waals surface area contributed by atoms with E-state index in [-0.39, 0.29) is 17.8 Å². The van der Waals surface area contributed by atoms with Crippen molar-refractivity contribution in [3.05, 3.63) is 58.5 Å². The smallest absolute Gasteiger partial charge is 0.335 e. The molecule has 1 aromatic carbocycles. The number of carboxylic acid groups (broad SMARTS) is 1. The van der Waals surface area contributed by atoms with Crippen LogP contribution in [0.25, 0.3) is 11.0 Å². The number of hydrogen-bond acceptors (Lipinski definition) is 4. The lowest BCUT2D eigenvalue weighted by molar-refractivity contribution is 0.0697. The molecule has 0 bridgehead atoms. The summed E-state index contributed by atoms with van der Waals surface area (Å²) in [4.78, 5) is 33.5. The predicted octanol–water partition coefficient (Wildman–Crippen LogP) is 0.866. The van der Waals surface area contributed by atoms with Crippen molar-refractivity contribution < 1.29 is 9.90 Å². The van der Waals surface area contributed by atoms with E-state index in [9.17, 15) is 9.59 Å². The topological polar surface area (TPSA) is 101 Å². The molecule has 20 heavy (non-hydrogen) atoms. The molecule has 0 spiro atoms. The molecule has 2 heterocycles. The normalized spacial score (nSPS) is 10.8. The highest BCUT2D eigenvalue weighted by Crippen LogP contribution is 2.14. The second-order valence-corrected chi connectivity index (χ2v) is 4.25. The first-order valence-corrected chi connectivity index (χ1v) is 5.86. The number of imidazole rings is 1. The number of nitrogens with zero attached hydrogens (tertiary/aromatic N) is 3. The van der Waals surface area contributed by atoms with Crippen LogP contribution >= 0.6 is 0 Å². The Morgan fingerprint density at radius 2 is 2.20 bits per heavy atom. The van der Waals surface area contributed by atoms with Gasteiger partial charge in [0.05, 0.1) is 28.8 Å². The van der Waals surface area contributed by atoms with Gasteiger partial charge in [0.2, 0.25) is 0 Å². The van der Waals surface area contributed by atoms with Crippen LogP contribution in [0.2, 0.25) is 0 Å². The van der Waals surface area contributed by atoms with Gasteiger partial charge in [-0.25, -0.2) is 19.6 Å². The maximum atomic E-state index is 11.9. The third-order valence-electron chi connectivity index (χ3n) is 2.99. The Hall–Kier alpha value is -2.96. The van der Waals surface area contributed by atoms with E-state index in [1.54, 1.807) is 18.3 Å². The van der Waals surface area contributed by atoms with Gasteiger partial charge in [0, 0.05) is 6.20 Å². The first-order chi connectivity index (χ1) is 9.65. The van der Waals surface area contributed by atoms with Crippen molar-refractivity contribution in [2.45, 2.75) is 6.54 Å². The summed E-state index contributed by atoms with van der Waals surface area (Å²) in [7, 11) is 0. The summed E-state index contributed by atoms with van der Waals surface area (Å²) in [6.07, 6.45) is 2.99. The maximum Gasteiger partial charge on any atom is 0.335 e. The molecule has 0 unspecified atom stereocenters. The number of aromatic nitrogens is 4. The molecule has 0 fully saturated rings. The quantitative estimate of drug-likeness (QED) is 0.735. The number of rotatable bonds is 3. The fourth-order valence-corrected chi connectivity index (χ4v) is 2.02. The number of carboxylic acids is 1. The number of aromatic carboxylic acids is 1. The molecule has 0 aliphatic heterocycles. The molecule has 0 radical (unpaired) electrons. The maximum absolute atomic E-state index is 11.9. The van der Waals surface area contributed by atoms with E-state index < -0.39 is 5.97 Å². The highest BCUT2D eigenvalue weighted by molar-refractivity contribution is 5.92. The summed E-state index contributed by atoms with van der Waals surface area (Å²) in [5, 5.41) is 9.01. The van der Waals surface area contributed by atoms with Crippen LogP contribution in [0, 0.1) is 0 Å². The lowest BCUT2D eigenvalue weighted by Gasteiger charge is -2.03. The SMILES string of the molecule is O=C(O)c1ccc2[nH]c(=O)n(Cc3ccncn3)c2c1. The summed E-state index contributed by atoms with van der Waals surface area (Å²) < 4.78 is 1.45. The zero-order valence-corrected chi connectivity index (χ0v) is 10.3. The largest absolute Gasteiger partial charge is 0.478 e. The number of benzene rings is 1. The van der Waals surface area contributed by atoms with Crippen molar-refractivity contribution >= 4 is 17.0 Å². The van der Waals surface area contributed by atoms with Crippen LogP contribution in [0.3, 0.4) is 0 Å². The molecule has 2 N–H and O–H groups in total. The van der Waals surface area contributed by atoms with Gasteiger partial charge in [-0.1, -0.05) is 0 Å². The Morgan fingerprint density at radius 1 is 1.35 bits per heavy atom. The minimum atomic E-state index is -1.03. The van der Waals surface area contributed by atoms with E-state index in [1.165, 1.54) is 23.0 Å². The van der Waals surface area contributed by atoms with Gasteiger partial charge >= 0.3 is 11.7 Å². The molecule has 0 aliphatic rings. The minimum Gasteiger partial charge on any atom is -0.478 e. The molecular weight excluding hydrogens is 260 g/mol. The lowest BCUT2D eigenvalue weighted by atomic mass is 10.2. The monoisotopic (exact) mass is 270 g/mol. The van der Waals surface area contributed by atoms with Crippen molar-refractivity contribution in [1.82, 2.24) is 19.5 Å².